The molecule has 1 aromatic carbocycles. The highest BCUT2D eigenvalue weighted by molar-refractivity contribution is 6.30. The Bertz CT molecular complexity index is 418. The van der Waals surface area contributed by atoms with Crippen LogP contribution in [-0.2, 0) is 16.1 Å². The van der Waals surface area contributed by atoms with Crippen LogP contribution < -0.4 is 0 Å². The van der Waals surface area contributed by atoms with E-state index in [2.05, 4.69) is 0 Å². The summed E-state index contributed by atoms with van der Waals surface area (Å²) in [7, 11) is 0. The topological polar surface area (TPSA) is 46.5 Å². The minimum Gasteiger partial charge on any atom is -0.461 e. The van der Waals surface area contributed by atoms with Crippen molar-refractivity contribution in [2.75, 3.05) is 0 Å². The number of aliphatic hydroxyl groups is 1. The molecule has 1 aromatic rings. The zero-order chi connectivity index (χ0) is 14.6. The van der Waals surface area contributed by atoms with E-state index in [1.165, 1.54) is 0 Å². The fraction of sp³-hybridized carbons (Fsp3) is 0.533. The summed E-state index contributed by atoms with van der Waals surface area (Å²) < 4.78 is 5.28. The smallest absolute Gasteiger partial charge is 0.312 e. The van der Waals surface area contributed by atoms with Crippen LogP contribution in [0, 0.1) is 11.3 Å². The molecule has 0 saturated heterocycles. The first-order valence-corrected chi connectivity index (χ1v) is 6.69. The fourth-order valence-corrected chi connectivity index (χ4v) is 2.22. The Morgan fingerprint density at radius 3 is 2.26 bits per heavy atom. The molecule has 0 bridgehead atoms. The number of carbonyl (C=O) groups excluding carboxylic acids is 1. The van der Waals surface area contributed by atoms with Gasteiger partial charge in [-0.3, -0.25) is 4.79 Å². The number of esters is 1. The van der Waals surface area contributed by atoms with Gasteiger partial charge in [0.2, 0.25) is 0 Å². The maximum absolute atomic E-state index is 12.1. The zero-order valence-electron chi connectivity index (χ0n) is 11.8. The van der Waals surface area contributed by atoms with Crippen molar-refractivity contribution in [3.63, 3.8) is 0 Å². The Balaban J connectivity index is 2.65. The third-order valence-electron chi connectivity index (χ3n) is 2.96. The lowest BCUT2D eigenvalue weighted by Gasteiger charge is -2.30. The summed E-state index contributed by atoms with van der Waals surface area (Å²) in [6.45, 7) is 7.53. The van der Waals surface area contributed by atoms with Crippen LogP contribution in [0.15, 0.2) is 24.3 Å². The second kappa shape index (κ2) is 6.40. The van der Waals surface area contributed by atoms with Gasteiger partial charge in [-0.2, -0.15) is 0 Å². The van der Waals surface area contributed by atoms with E-state index in [0.717, 1.165) is 5.56 Å². The molecule has 0 aliphatic rings. The van der Waals surface area contributed by atoms with E-state index in [9.17, 15) is 9.90 Å². The summed E-state index contributed by atoms with van der Waals surface area (Å²) in [6.07, 6.45) is -0.738. The van der Waals surface area contributed by atoms with Crippen molar-refractivity contribution < 1.29 is 14.6 Å². The van der Waals surface area contributed by atoms with Gasteiger partial charge in [-0.15, -0.1) is 0 Å². The van der Waals surface area contributed by atoms with Gasteiger partial charge in [0.05, 0.1) is 12.0 Å². The van der Waals surface area contributed by atoms with Gasteiger partial charge in [-0.1, -0.05) is 44.5 Å². The van der Waals surface area contributed by atoms with Gasteiger partial charge >= 0.3 is 5.97 Å². The number of rotatable bonds is 4. The highest BCUT2D eigenvalue weighted by Crippen LogP contribution is 2.30. The van der Waals surface area contributed by atoms with Gasteiger partial charge in [0, 0.05) is 5.02 Å². The summed E-state index contributed by atoms with van der Waals surface area (Å²) in [6, 6.07) is 7.12. The zero-order valence-corrected chi connectivity index (χ0v) is 12.6. The van der Waals surface area contributed by atoms with E-state index >= 15 is 0 Å². The molecule has 0 saturated carbocycles. The van der Waals surface area contributed by atoms with Crippen molar-refractivity contribution in [2.45, 2.75) is 40.4 Å². The summed E-state index contributed by atoms with van der Waals surface area (Å²) in [5.74, 6) is -0.919. The summed E-state index contributed by atoms with van der Waals surface area (Å²) >= 11 is 5.79. The van der Waals surface area contributed by atoms with Crippen LogP contribution in [0.3, 0.4) is 0 Å². The molecule has 0 aliphatic heterocycles. The molecule has 0 amide bonds. The molecule has 0 radical (unpaired) electrons. The van der Waals surface area contributed by atoms with Gasteiger partial charge in [-0.05, 0) is 30.0 Å². The number of halogens is 1. The van der Waals surface area contributed by atoms with E-state index in [0.29, 0.717) is 5.02 Å². The quantitative estimate of drug-likeness (QED) is 0.862. The monoisotopic (exact) mass is 284 g/mol. The van der Waals surface area contributed by atoms with E-state index in [4.69, 9.17) is 16.3 Å². The predicted molar refractivity (Wildman–Crippen MR) is 75.9 cm³/mol. The first-order chi connectivity index (χ1) is 8.71. The van der Waals surface area contributed by atoms with Crippen molar-refractivity contribution in [1.29, 1.82) is 0 Å². The molecule has 4 heteroatoms. The van der Waals surface area contributed by atoms with Crippen LogP contribution in [0.4, 0.5) is 0 Å². The normalized spacial score (nSPS) is 14.8. The number of benzene rings is 1. The average Bonchev–Trinajstić information content (AvgIpc) is 2.25. The van der Waals surface area contributed by atoms with Crippen LogP contribution in [0.1, 0.15) is 33.3 Å². The number of carbonyl (C=O) groups is 1. The van der Waals surface area contributed by atoms with Crippen molar-refractivity contribution in [2.24, 2.45) is 11.3 Å². The standard InChI is InChI=1S/C15H21ClO3/c1-10(17)13(15(2,3)4)14(18)19-9-11-5-7-12(16)8-6-11/h5-8,10,13,17H,9H2,1-4H3. The number of ether oxygens (including phenoxy) is 1. The maximum Gasteiger partial charge on any atom is 0.312 e. The Kier molecular flexibility index (Phi) is 5.39. The van der Waals surface area contributed by atoms with E-state index in [-0.39, 0.29) is 18.0 Å². The van der Waals surface area contributed by atoms with E-state index in [1.54, 1.807) is 19.1 Å². The van der Waals surface area contributed by atoms with Crippen molar-refractivity contribution in [3.8, 4) is 0 Å². The van der Waals surface area contributed by atoms with Crippen LogP contribution in [-0.4, -0.2) is 17.2 Å². The Morgan fingerprint density at radius 1 is 1.32 bits per heavy atom. The highest BCUT2D eigenvalue weighted by Gasteiger charge is 2.36. The molecule has 2 unspecified atom stereocenters. The van der Waals surface area contributed by atoms with Crippen LogP contribution in [0.25, 0.3) is 0 Å². The number of hydrogen-bond donors (Lipinski definition) is 1. The van der Waals surface area contributed by atoms with Gasteiger partial charge < -0.3 is 9.84 Å². The molecular weight excluding hydrogens is 264 g/mol. The molecule has 0 spiro atoms. The molecule has 106 valence electrons. The van der Waals surface area contributed by atoms with Crippen LogP contribution in [0.5, 0.6) is 0 Å². The molecule has 19 heavy (non-hydrogen) atoms. The summed E-state index contributed by atoms with van der Waals surface area (Å²) in [5, 5.41) is 10.4. The SMILES string of the molecule is CC(O)C(C(=O)OCc1ccc(Cl)cc1)C(C)(C)C. The second-order valence-electron chi connectivity index (χ2n) is 5.82. The Labute approximate surface area is 119 Å². The molecule has 0 heterocycles. The van der Waals surface area contributed by atoms with Gasteiger partial charge in [0.1, 0.15) is 6.61 Å². The third-order valence-corrected chi connectivity index (χ3v) is 3.22. The molecule has 1 N–H and O–H groups in total. The van der Waals surface area contributed by atoms with Gasteiger partial charge in [0.25, 0.3) is 0 Å². The lowest BCUT2D eigenvalue weighted by Crippen LogP contribution is -2.38. The van der Waals surface area contributed by atoms with E-state index < -0.39 is 12.0 Å². The largest absolute Gasteiger partial charge is 0.461 e. The van der Waals surface area contributed by atoms with Crippen LogP contribution in [0.2, 0.25) is 5.02 Å². The second-order valence-corrected chi connectivity index (χ2v) is 6.25. The molecular formula is C15H21ClO3. The lowest BCUT2D eigenvalue weighted by molar-refractivity contribution is -0.158. The minimum absolute atomic E-state index is 0.190. The first kappa shape index (κ1) is 16.0. The van der Waals surface area contributed by atoms with Crippen molar-refractivity contribution in [3.05, 3.63) is 34.9 Å². The van der Waals surface area contributed by atoms with Crippen molar-refractivity contribution in [1.82, 2.24) is 0 Å². The predicted octanol–water partition coefficient (Wildman–Crippen LogP) is 3.43. The summed E-state index contributed by atoms with van der Waals surface area (Å²) in [4.78, 5) is 12.1. The molecule has 2 atom stereocenters. The van der Waals surface area contributed by atoms with Crippen molar-refractivity contribution >= 4 is 17.6 Å². The Hall–Kier alpha value is -1.06. The molecule has 0 fully saturated rings. The number of aliphatic hydroxyl groups excluding tert-OH is 1. The lowest BCUT2D eigenvalue weighted by atomic mass is 9.78. The fourth-order valence-electron chi connectivity index (χ4n) is 2.10. The molecule has 1 rings (SSSR count). The molecule has 0 aromatic heterocycles. The first-order valence-electron chi connectivity index (χ1n) is 6.31. The van der Waals surface area contributed by atoms with Gasteiger partial charge in [-0.25, -0.2) is 0 Å². The van der Waals surface area contributed by atoms with E-state index in [1.807, 2.05) is 32.9 Å². The third kappa shape index (κ3) is 4.84. The maximum atomic E-state index is 12.1. The summed E-state index contributed by atoms with van der Waals surface area (Å²) in [5.41, 5.74) is 0.529. The van der Waals surface area contributed by atoms with Gasteiger partial charge in [0.15, 0.2) is 0 Å². The van der Waals surface area contributed by atoms with Crippen LogP contribution >= 0.6 is 11.6 Å². The molecule has 0 aliphatic carbocycles. The minimum atomic E-state index is -0.738. The highest BCUT2D eigenvalue weighted by atomic mass is 35.5. The average molecular weight is 285 g/mol. The molecule has 3 nitrogen and oxygen atoms in total. The Morgan fingerprint density at radius 2 is 1.84 bits per heavy atom. The number of hydrogen-bond acceptors (Lipinski definition) is 3.